The molecule has 0 saturated carbocycles. The highest BCUT2D eigenvalue weighted by Crippen LogP contribution is 2.26. The second kappa shape index (κ2) is 7.08. The number of fused-ring (bicyclic) bond motifs is 1. The molecule has 1 heterocycles. The molecular formula is C23H20N2O2. The van der Waals surface area contributed by atoms with Crippen molar-refractivity contribution < 1.29 is 9.59 Å². The second-order valence-electron chi connectivity index (χ2n) is 6.70. The van der Waals surface area contributed by atoms with Crippen molar-refractivity contribution in [2.24, 2.45) is 0 Å². The molecule has 0 N–H and O–H groups in total. The molecule has 0 unspecified atom stereocenters. The van der Waals surface area contributed by atoms with Crippen molar-refractivity contribution >= 4 is 17.5 Å². The largest absolute Gasteiger partial charge is 0.325 e. The Morgan fingerprint density at radius 2 is 1.52 bits per heavy atom. The summed E-state index contributed by atoms with van der Waals surface area (Å²) in [6.07, 6.45) is 0. The lowest BCUT2D eigenvalue weighted by molar-refractivity contribution is -0.118. The van der Waals surface area contributed by atoms with Crippen LogP contribution in [0.15, 0.2) is 78.9 Å². The van der Waals surface area contributed by atoms with Gasteiger partial charge in [0, 0.05) is 13.6 Å². The van der Waals surface area contributed by atoms with Crippen LogP contribution < -0.4 is 4.90 Å². The van der Waals surface area contributed by atoms with Crippen molar-refractivity contribution in [3.05, 3.63) is 90.0 Å². The molecule has 0 aromatic heterocycles. The summed E-state index contributed by atoms with van der Waals surface area (Å²) in [5.74, 6) is -0.207. The normalized spacial score (nSPS) is 14.1. The smallest absolute Gasteiger partial charge is 0.256 e. The zero-order valence-corrected chi connectivity index (χ0v) is 15.1. The Morgan fingerprint density at radius 3 is 2.33 bits per heavy atom. The van der Waals surface area contributed by atoms with Crippen LogP contribution in [0, 0.1) is 0 Å². The Labute approximate surface area is 158 Å². The van der Waals surface area contributed by atoms with E-state index in [4.69, 9.17) is 0 Å². The number of hydrogen-bond donors (Lipinski definition) is 0. The van der Waals surface area contributed by atoms with Gasteiger partial charge in [0.05, 0.1) is 11.3 Å². The third-order valence-corrected chi connectivity index (χ3v) is 4.89. The molecule has 1 aliphatic heterocycles. The van der Waals surface area contributed by atoms with Gasteiger partial charge in [0.25, 0.3) is 5.91 Å². The average molecular weight is 356 g/mol. The lowest BCUT2D eigenvalue weighted by atomic mass is 10.0. The van der Waals surface area contributed by atoms with Crippen molar-refractivity contribution in [3.63, 3.8) is 0 Å². The number of likely N-dealkylation sites (N-methyl/N-ethyl adjacent to an activating group) is 1. The molecule has 134 valence electrons. The van der Waals surface area contributed by atoms with E-state index >= 15 is 0 Å². The summed E-state index contributed by atoms with van der Waals surface area (Å²) in [6.45, 7) is 0.465. The molecule has 3 aromatic rings. The Bertz CT molecular complexity index is 998. The molecule has 0 fully saturated rings. The molecule has 0 spiro atoms. The molecule has 4 nitrogen and oxygen atoms in total. The number of carbonyl (C=O) groups excluding carboxylic acids is 2. The van der Waals surface area contributed by atoms with Crippen molar-refractivity contribution in [2.45, 2.75) is 6.54 Å². The fraction of sp³-hybridized carbons (Fsp3) is 0.130. The van der Waals surface area contributed by atoms with Crippen molar-refractivity contribution in [3.8, 4) is 11.1 Å². The van der Waals surface area contributed by atoms with Crippen LogP contribution in [0.2, 0.25) is 0 Å². The first-order chi connectivity index (χ1) is 13.1. The maximum Gasteiger partial charge on any atom is 0.256 e. The van der Waals surface area contributed by atoms with Crippen LogP contribution in [-0.2, 0) is 11.3 Å². The summed E-state index contributed by atoms with van der Waals surface area (Å²) >= 11 is 0. The van der Waals surface area contributed by atoms with Gasteiger partial charge in [-0.15, -0.1) is 0 Å². The molecule has 0 aliphatic carbocycles. The average Bonchev–Trinajstić information content (AvgIpc) is 2.80. The maximum atomic E-state index is 13.0. The van der Waals surface area contributed by atoms with Crippen LogP contribution in [0.5, 0.6) is 0 Å². The maximum absolute atomic E-state index is 13.0. The number of benzene rings is 3. The van der Waals surface area contributed by atoms with Gasteiger partial charge in [-0.05, 0) is 34.9 Å². The summed E-state index contributed by atoms with van der Waals surface area (Å²) in [4.78, 5) is 28.8. The van der Waals surface area contributed by atoms with E-state index < -0.39 is 0 Å². The third-order valence-electron chi connectivity index (χ3n) is 4.89. The fourth-order valence-corrected chi connectivity index (χ4v) is 3.42. The topological polar surface area (TPSA) is 40.6 Å². The quantitative estimate of drug-likeness (QED) is 0.712. The number of hydrogen-bond acceptors (Lipinski definition) is 2. The third kappa shape index (κ3) is 3.34. The Balaban J connectivity index is 1.65. The van der Waals surface area contributed by atoms with E-state index in [1.54, 1.807) is 22.9 Å². The SMILES string of the molecule is CN1C(=O)CN(Cc2cccc(-c3ccccc3)c2)C(=O)c2ccccc21. The molecular weight excluding hydrogens is 336 g/mol. The van der Waals surface area contributed by atoms with E-state index in [-0.39, 0.29) is 18.4 Å². The number of rotatable bonds is 3. The van der Waals surface area contributed by atoms with E-state index in [0.29, 0.717) is 17.8 Å². The van der Waals surface area contributed by atoms with Crippen LogP contribution in [0.4, 0.5) is 5.69 Å². The summed E-state index contributed by atoms with van der Waals surface area (Å²) in [7, 11) is 1.72. The van der Waals surface area contributed by atoms with Gasteiger partial charge in [-0.1, -0.05) is 60.7 Å². The van der Waals surface area contributed by atoms with Crippen molar-refractivity contribution in [2.75, 3.05) is 18.5 Å². The van der Waals surface area contributed by atoms with Crippen LogP contribution in [0.3, 0.4) is 0 Å². The van der Waals surface area contributed by atoms with Gasteiger partial charge in [-0.25, -0.2) is 0 Å². The molecule has 1 aliphatic rings. The first kappa shape index (κ1) is 17.0. The van der Waals surface area contributed by atoms with E-state index in [0.717, 1.165) is 16.7 Å². The minimum Gasteiger partial charge on any atom is -0.325 e. The van der Waals surface area contributed by atoms with E-state index in [1.807, 2.05) is 48.5 Å². The Morgan fingerprint density at radius 1 is 0.815 bits per heavy atom. The fourth-order valence-electron chi connectivity index (χ4n) is 3.42. The number of para-hydroxylation sites is 1. The molecule has 4 heteroatoms. The lowest BCUT2D eigenvalue weighted by Gasteiger charge is -2.20. The number of carbonyl (C=O) groups is 2. The van der Waals surface area contributed by atoms with Gasteiger partial charge in [0.2, 0.25) is 5.91 Å². The summed E-state index contributed by atoms with van der Waals surface area (Å²) in [5, 5.41) is 0. The first-order valence-electron chi connectivity index (χ1n) is 8.93. The van der Waals surface area contributed by atoms with Gasteiger partial charge >= 0.3 is 0 Å². The molecule has 27 heavy (non-hydrogen) atoms. The van der Waals surface area contributed by atoms with Crippen LogP contribution in [0.1, 0.15) is 15.9 Å². The molecule has 2 amide bonds. The van der Waals surface area contributed by atoms with E-state index in [1.165, 1.54) is 0 Å². The van der Waals surface area contributed by atoms with Gasteiger partial charge in [-0.2, -0.15) is 0 Å². The molecule has 4 rings (SSSR count). The second-order valence-corrected chi connectivity index (χ2v) is 6.70. The Kier molecular flexibility index (Phi) is 4.47. The number of amides is 2. The van der Waals surface area contributed by atoms with Crippen LogP contribution in [0.25, 0.3) is 11.1 Å². The monoisotopic (exact) mass is 356 g/mol. The van der Waals surface area contributed by atoms with Crippen LogP contribution >= 0.6 is 0 Å². The van der Waals surface area contributed by atoms with E-state index in [2.05, 4.69) is 24.3 Å². The van der Waals surface area contributed by atoms with Crippen molar-refractivity contribution in [1.82, 2.24) is 4.90 Å². The predicted octanol–water partition coefficient (Wildman–Crippen LogP) is 3.97. The predicted molar refractivity (Wildman–Crippen MR) is 106 cm³/mol. The summed E-state index contributed by atoms with van der Waals surface area (Å²) < 4.78 is 0. The van der Waals surface area contributed by atoms with Crippen molar-refractivity contribution in [1.29, 1.82) is 0 Å². The highest BCUT2D eigenvalue weighted by Gasteiger charge is 2.29. The molecule has 0 atom stereocenters. The standard InChI is InChI=1S/C23H20N2O2/c1-24-21-13-6-5-12-20(21)23(27)25(16-22(24)26)15-17-8-7-11-19(14-17)18-9-3-2-4-10-18/h2-14H,15-16H2,1H3. The highest BCUT2D eigenvalue weighted by molar-refractivity contribution is 6.09. The Hall–Kier alpha value is -3.40. The van der Waals surface area contributed by atoms with Gasteiger partial charge in [-0.3, -0.25) is 9.59 Å². The first-order valence-corrected chi connectivity index (χ1v) is 8.93. The summed E-state index contributed by atoms with van der Waals surface area (Å²) in [5.41, 5.74) is 4.44. The highest BCUT2D eigenvalue weighted by atomic mass is 16.2. The zero-order chi connectivity index (χ0) is 18.8. The zero-order valence-electron chi connectivity index (χ0n) is 15.1. The lowest BCUT2D eigenvalue weighted by Crippen LogP contribution is -2.37. The summed E-state index contributed by atoms with van der Waals surface area (Å²) in [6, 6.07) is 25.5. The minimum absolute atomic E-state index is 0.0690. The molecule has 0 saturated heterocycles. The van der Waals surface area contributed by atoms with Gasteiger partial charge in [0.1, 0.15) is 6.54 Å². The molecule has 3 aromatic carbocycles. The number of nitrogens with zero attached hydrogens (tertiary/aromatic N) is 2. The number of anilines is 1. The van der Waals surface area contributed by atoms with Crippen LogP contribution in [-0.4, -0.2) is 30.3 Å². The van der Waals surface area contributed by atoms with E-state index in [9.17, 15) is 9.59 Å². The minimum atomic E-state index is -0.117. The van der Waals surface area contributed by atoms with Gasteiger partial charge in [0.15, 0.2) is 0 Å². The van der Waals surface area contributed by atoms with Gasteiger partial charge < -0.3 is 9.80 Å². The molecule has 0 radical (unpaired) electrons. The molecule has 0 bridgehead atoms.